The molecule has 0 radical (unpaired) electrons. The SMILES string of the molecule is CNCc1cnc(OCC2CCCCC2)cn1. The summed E-state index contributed by atoms with van der Waals surface area (Å²) in [6, 6.07) is 0. The molecule has 1 saturated carbocycles. The van der Waals surface area contributed by atoms with Gasteiger partial charge in [0.2, 0.25) is 5.88 Å². The van der Waals surface area contributed by atoms with Crippen LogP contribution in [-0.4, -0.2) is 23.6 Å². The van der Waals surface area contributed by atoms with Crippen molar-refractivity contribution in [3.05, 3.63) is 18.1 Å². The van der Waals surface area contributed by atoms with E-state index in [1.807, 2.05) is 7.05 Å². The normalized spacial score (nSPS) is 17.0. The number of aromatic nitrogens is 2. The quantitative estimate of drug-likeness (QED) is 0.849. The summed E-state index contributed by atoms with van der Waals surface area (Å²) < 4.78 is 5.68. The fraction of sp³-hybridized carbons (Fsp3) is 0.692. The fourth-order valence-corrected chi connectivity index (χ4v) is 2.25. The number of hydrogen-bond donors (Lipinski definition) is 1. The second kappa shape index (κ2) is 6.55. The molecule has 1 aliphatic carbocycles. The summed E-state index contributed by atoms with van der Waals surface area (Å²) in [4.78, 5) is 8.54. The summed E-state index contributed by atoms with van der Waals surface area (Å²) in [5, 5.41) is 3.04. The van der Waals surface area contributed by atoms with Gasteiger partial charge in [-0.15, -0.1) is 0 Å². The van der Waals surface area contributed by atoms with Gasteiger partial charge in [0.15, 0.2) is 0 Å². The Morgan fingerprint density at radius 2 is 2.06 bits per heavy atom. The summed E-state index contributed by atoms with van der Waals surface area (Å²) >= 11 is 0. The third-order valence-electron chi connectivity index (χ3n) is 3.23. The molecule has 0 amide bonds. The van der Waals surface area contributed by atoms with Crippen LogP contribution in [0.15, 0.2) is 12.4 Å². The Morgan fingerprint density at radius 1 is 1.24 bits per heavy atom. The van der Waals surface area contributed by atoms with Crippen molar-refractivity contribution in [1.82, 2.24) is 15.3 Å². The molecule has 1 aromatic rings. The molecule has 4 heteroatoms. The molecule has 0 bridgehead atoms. The number of hydrogen-bond acceptors (Lipinski definition) is 4. The Hall–Kier alpha value is -1.16. The molecule has 0 atom stereocenters. The van der Waals surface area contributed by atoms with Crippen molar-refractivity contribution in [2.24, 2.45) is 5.92 Å². The minimum absolute atomic E-state index is 0.649. The van der Waals surface area contributed by atoms with E-state index in [0.29, 0.717) is 11.8 Å². The van der Waals surface area contributed by atoms with Gasteiger partial charge in [0.1, 0.15) is 0 Å². The summed E-state index contributed by atoms with van der Waals surface area (Å²) in [5.74, 6) is 1.36. The highest BCUT2D eigenvalue weighted by Gasteiger charge is 2.14. The first-order valence-electron chi connectivity index (χ1n) is 6.47. The van der Waals surface area contributed by atoms with E-state index in [1.165, 1.54) is 32.1 Å². The molecule has 17 heavy (non-hydrogen) atoms. The lowest BCUT2D eigenvalue weighted by Gasteiger charge is -2.21. The summed E-state index contributed by atoms with van der Waals surface area (Å²) in [6.45, 7) is 1.54. The summed E-state index contributed by atoms with van der Waals surface area (Å²) in [7, 11) is 1.90. The van der Waals surface area contributed by atoms with Gasteiger partial charge >= 0.3 is 0 Å². The van der Waals surface area contributed by atoms with Gasteiger partial charge in [0, 0.05) is 6.54 Å². The van der Waals surface area contributed by atoms with Gasteiger partial charge in [0.05, 0.1) is 24.7 Å². The van der Waals surface area contributed by atoms with Gasteiger partial charge in [-0.25, -0.2) is 4.98 Å². The van der Waals surface area contributed by atoms with Crippen LogP contribution in [0.25, 0.3) is 0 Å². The average molecular weight is 235 g/mol. The van der Waals surface area contributed by atoms with E-state index in [1.54, 1.807) is 12.4 Å². The molecular formula is C13H21N3O. The van der Waals surface area contributed by atoms with Gasteiger partial charge in [-0.1, -0.05) is 19.3 Å². The van der Waals surface area contributed by atoms with Crippen LogP contribution in [0.3, 0.4) is 0 Å². The van der Waals surface area contributed by atoms with Crippen molar-refractivity contribution < 1.29 is 4.74 Å². The van der Waals surface area contributed by atoms with Crippen LogP contribution in [0.1, 0.15) is 37.8 Å². The zero-order chi connectivity index (χ0) is 11.9. The molecule has 1 aromatic heterocycles. The Labute approximate surface area is 103 Å². The van der Waals surface area contributed by atoms with Crippen LogP contribution >= 0.6 is 0 Å². The summed E-state index contributed by atoms with van der Waals surface area (Å²) in [5.41, 5.74) is 0.942. The maximum Gasteiger partial charge on any atom is 0.232 e. The van der Waals surface area contributed by atoms with E-state index in [-0.39, 0.29) is 0 Å². The third-order valence-corrected chi connectivity index (χ3v) is 3.23. The second-order valence-electron chi connectivity index (χ2n) is 4.69. The Balaban J connectivity index is 1.77. The lowest BCUT2D eigenvalue weighted by atomic mass is 9.90. The van der Waals surface area contributed by atoms with Gasteiger partial charge < -0.3 is 10.1 Å². The van der Waals surface area contributed by atoms with Gasteiger partial charge in [-0.3, -0.25) is 4.98 Å². The second-order valence-corrected chi connectivity index (χ2v) is 4.69. The number of nitrogens with one attached hydrogen (secondary N) is 1. The lowest BCUT2D eigenvalue weighted by Crippen LogP contribution is -2.16. The van der Waals surface area contributed by atoms with E-state index in [9.17, 15) is 0 Å². The van der Waals surface area contributed by atoms with Crippen molar-refractivity contribution >= 4 is 0 Å². The highest BCUT2D eigenvalue weighted by atomic mass is 16.5. The molecule has 2 rings (SSSR count). The van der Waals surface area contributed by atoms with E-state index in [2.05, 4.69) is 15.3 Å². The molecular weight excluding hydrogens is 214 g/mol. The maximum absolute atomic E-state index is 5.68. The molecule has 0 aromatic carbocycles. The Kier molecular flexibility index (Phi) is 4.74. The van der Waals surface area contributed by atoms with E-state index in [0.717, 1.165) is 18.8 Å². The van der Waals surface area contributed by atoms with E-state index < -0.39 is 0 Å². The molecule has 0 spiro atoms. The van der Waals surface area contributed by atoms with Gasteiger partial charge in [-0.2, -0.15) is 0 Å². The molecule has 0 aliphatic heterocycles. The smallest absolute Gasteiger partial charge is 0.232 e. The van der Waals surface area contributed by atoms with Crippen molar-refractivity contribution in [2.75, 3.05) is 13.7 Å². The molecule has 1 fully saturated rings. The van der Waals surface area contributed by atoms with Crippen molar-refractivity contribution in [3.8, 4) is 5.88 Å². The molecule has 1 N–H and O–H groups in total. The highest BCUT2D eigenvalue weighted by Crippen LogP contribution is 2.24. The molecule has 1 heterocycles. The molecule has 4 nitrogen and oxygen atoms in total. The third kappa shape index (κ3) is 3.97. The summed E-state index contributed by atoms with van der Waals surface area (Å²) in [6.07, 6.45) is 10.2. The molecule has 0 unspecified atom stereocenters. The van der Waals surface area contributed by atoms with Crippen molar-refractivity contribution in [2.45, 2.75) is 38.6 Å². The minimum atomic E-state index is 0.649. The van der Waals surface area contributed by atoms with E-state index in [4.69, 9.17) is 4.74 Å². The van der Waals surface area contributed by atoms with Crippen molar-refractivity contribution in [1.29, 1.82) is 0 Å². The predicted molar refractivity (Wildman–Crippen MR) is 66.9 cm³/mol. The van der Waals surface area contributed by atoms with Gasteiger partial charge in [-0.05, 0) is 25.8 Å². The van der Waals surface area contributed by atoms with Crippen molar-refractivity contribution in [3.63, 3.8) is 0 Å². The largest absolute Gasteiger partial charge is 0.476 e. The molecule has 0 saturated heterocycles. The fourth-order valence-electron chi connectivity index (χ4n) is 2.25. The van der Waals surface area contributed by atoms with Crippen LogP contribution in [0, 0.1) is 5.92 Å². The Bertz CT molecular complexity index is 320. The minimum Gasteiger partial charge on any atom is -0.476 e. The van der Waals surface area contributed by atoms with E-state index >= 15 is 0 Å². The van der Waals surface area contributed by atoms with Crippen LogP contribution in [0.2, 0.25) is 0 Å². The average Bonchev–Trinajstić information content (AvgIpc) is 2.40. The molecule has 94 valence electrons. The monoisotopic (exact) mass is 235 g/mol. The first-order chi connectivity index (χ1) is 8.38. The zero-order valence-electron chi connectivity index (χ0n) is 10.5. The number of rotatable bonds is 5. The maximum atomic E-state index is 5.68. The topological polar surface area (TPSA) is 47.0 Å². The standard InChI is InChI=1S/C13H21N3O/c1-14-7-12-8-16-13(9-15-12)17-10-11-5-3-2-4-6-11/h8-9,11,14H,2-7,10H2,1H3. The predicted octanol–water partition coefficient (Wildman–Crippen LogP) is 2.16. The molecule has 1 aliphatic rings. The van der Waals surface area contributed by atoms with Crippen LogP contribution < -0.4 is 10.1 Å². The zero-order valence-corrected chi connectivity index (χ0v) is 10.5. The highest BCUT2D eigenvalue weighted by molar-refractivity contribution is 5.07. The van der Waals surface area contributed by atoms with Gasteiger partial charge in [0.25, 0.3) is 0 Å². The lowest BCUT2D eigenvalue weighted by molar-refractivity contribution is 0.202. The van der Waals surface area contributed by atoms with Crippen LogP contribution in [0.4, 0.5) is 0 Å². The first-order valence-corrected chi connectivity index (χ1v) is 6.47. The first kappa shape index (κ1) is 12.3. The number of ether oxygens (including phenoxy) is 1. The van der Waals surface area contributed by atoms with Crippen LogP contribution in [-0.2, 0) is 6.54 Å². The Morgan fingerprint density at radius 3 is 2.71 bits per heavy atom. The number of nitrogens with zero attached hydrogens (tertiary/aromatic N) is 2. The van der Waals surface area contributed by atoms with Crippen LogP contribution in [0.5, 0.6) is 5.88 Å².